The second kappa shape index (κ2) is 6.96. The fraction of sp³-hybridized carbons (Fsp3) is 0.353. The predicted octanol–water partition coefficient (Wildman–Crippen LogP) is 3.76. The molecule has 0 aliphatic carbocycles. The highest BCUT2D eigenvalue weighted by molar-refractivity contribution is 6.31. The van der Waals surface area contributed by atoms with Crippen LogP contribution >= 0.6 is 11.6 Å². The molecule has 23 heavy (non-hydrogen) atoms. The monoisotopic (exact) mass is 330 g/mol. The number of halogens is 1. The highest BCUT2D eigenvalue weighted by atomic mass is 35.5. The van der Waals surface area contributed by atoms with Gasteiger partial charge in [-0.1, -0.05) is 11.6 Å². The van der Waals surface area contributed by atoms with E-state index in [1.54, 1.807) is 12.1 Å². The zero-order valence-corrected chi connectivity index (χ0v) is 13.8. The molecule has 0 unspecified atom stereocenters. The molecule has 1 aliphatic rings. The molecule has 0 spiro atoms. The van der Waals surface area contributed by atoms with Crippen molar-refractivity contribution in [3.8, 4) is 0 Å². The zero-order chi connectivity index (χ0) is 16.2. The van der Waals surface area contributed by atoms with E-state index in [9.17, 15) is 4.79 Å². The third kappa shape index (κ3) is 3.62. The molecule has 1 saturated heterocycles. The number of benzene rings is 1. The van der Waals surface area contributed by atoms with Gasteiger partial charge in [0.15, 0.2) is 0 Å². The Labute approximate surface area is 140 Å². The largest absolute Gasteiger partial charge is 0.367 e. The van der Waals surface area contributed by atoms with Crippen molar-refractivity contribution in [3.05, 3.63) is 47.2 Å². The van der Waals surface area contributed by atoms with Crippen LogP contribution in [0.4, 0.5) is 11.4 Å². The van der Waals surface area contributed by atoms with Crippen LogP contribution in [0.5, 0.6) is 0 Å². The number of rotatable bonds is 3. The Bertz CT molecular complexity index is 692. The summed E-state index contributed by atoms with van der Waals surface area (Å²) in [6.45, 7) is 3.20. The van der Waals surface area contributed by atoms with Crippen LogP contribution in [0.15, 0.2) is 36.7 Å². The highest BCUT2D eigenvalue weighted by Crippen LogP contribution is 2.33. The standard InChI is InChI=1S/C17H19ClN4O/c1-12-4-2-3-9-22(12)16-6-5-14(18)10-15(16)21-17(23)13-7-8-19-20-11-13/h5-8,10-12H,2-4,9H2,1H3,(H,21,23)/t12-/m0/s1. The van der Waals surface area contributed by atoms with Crippen LogP contribution in [0, 0.1) is 0 Å². The van der Waals surface area contributed by atoms with Crippen molar-refractivity contribution in [2.24, 2.45) is 0 Å². The maximum Gasteiger partial charge on any atom is 0.257 e. The first-order chi connectivity index (χ1) is 11.1. The minimum absolute atomic E-state index is 0.215. The Kier molecular flexibility index (Phi) is 4.76. The van der Waals surface area contributed by atoms with Crippen LogP contribution < -0.4 is 10.2 Å². The van der Waals surface area contributed by atoms with Gasteiger partial charge in [0.2, 0.25) is 0 Å². The molecule has 0 saturated carbocycles. The molecule has 1 N–H and O–H groups in total. The lowest BCUT2D eigenvalue weighted by Crippen LogP contribution is -2.38. The quantitative estimate of drug-likeness (QED) is 0.931. The Hall–Kier alpha value is -2.14. The number of hydrogen-bond donors (Lipinski definition) is 1. The summed E-state index contributed by atoms with van der Waals surface area (Å²) in [5.41, 5.74) is 2.21. The number of piperidine rings is 1. The number of carbonyl (C=O) groups is 1. The third-order valence-electron chi connectivity index (χ3n) is 4.17. The summed E-state index contributed by atoms with van der Waals surface area (Å²) >= 11 is 6.13. The molecule has 3 rings (SSSR count). The maximum absolute atomic E-state index is 12.4. The second-order valence-corrected chi connectivity index (χ2v) is 6.22. The van der Waals surface area contributed by atoms with Crippen molar-refractivity contribution >= 4 is 28.9 Å². The van der Waals surface area contributed by atoms with Gasteiger partial charge in [-0.2, -0.15) is 10.2 Å². The molecule has 1 atom stereocenters. The second-order valence-electron chi connectivity index (χ2n) is 5.78. The first kappa shape index (κ1) is 15.7. The number of anilines is 2. The Balaban J connectivity index is 1.89. The summed E-state index contributed by atoms with van der Waals surface area (Å²) in [6.07, 6.45) is 6.51. The molecule has 1 aromatic heterocycles. The van der Waals surface area contributed by atoms with Crippen molar-refractivity contribution in [2.45, 2.75) is 32.2 Å². The van der Waals surface area contributed by atoms with Gasteiger partial charge in [-0.05, 0) is 50.5 Å². The Morgan fingerprint density at radius 2 is 2.17 bits per heavy atom. The van der Waals surface area contributed by atoms with Gasteiger partial charge in [0.25, 0.3) is 5.91 Å². The summed E-state index contributed by atoms with van der Waals surface area (Å²) in [6, 6.07) is 7.72. The molecule has 2 aromatic rings. The first-order valence-electron chi connectivity index (χ1n) is 7.79. The van der Waals surface area contributed by atoms with Crippen LogP contribution in [0.3, 0.4) is 0 Å². The van der Waals surface area contributed by atoms with E-state index >= 15 is 0 Å². The van der Waals surface area contributed by atoms with Crippen LogP contribution in [0.25, 0.3) is 0 Å². The van der Waals surface area contributed by atoms with Crippen molar-refractivity contribution in [3.63, 3.8) is 0 Å². The Morgan fingerprint density at radius 3 is 2.91 bits per heavy atom. The number of nitrogens with zero attached hydrogens (tertiary/aromatic N) is 3. The first-order valence-corrected chi connectivity index (χ1v) is 8.17. The molecule has 120 valence electrons. The molecule has 2 heterocycles. The number of hydrogen-bond acceptors (Lipinski definition) is 4. The minimum atomic E-state index is -0.215. The van der Waals surface area contributed by atoms with E-state index in [4.69, 9.17) is 11.6 Å². The summed E-state index contributed by atoms with van der Waals surface area (Å²) < 4.78 is 0. The van der Waals surface area contributed by atoms with E-state index in [-0.39, 0.29) is 5.91 Å². The number of nitrogens with one attached hydrogen (secondary N) is 1. The predicted molar refractivity (Wildman–Crippen MR) is 92.1 cm³/mol. The average molecular weight is 331 g/mol. The van der Waals surface area contributed by atoms with E-state index in [1.165, 1.54) is 18.8 Å². The lowest BCUT2D eigenvalue weighted by Gasteiger charge is -2.36. The minimum Gasteiger partial charge on any atom is -0.367 e. The lowest BCUT2D eigenvalue weighted by molar-refractivity contribution is 0.102. The lowest BCUT2D eigenvalue weighted by atomic mass is 10.0. The number of carbonyl (C=O) groups excluding carboxylic acids is 1. The van der Waals surface area contributed by atoms with Crippen LogP contribution in [0.1, 0.15) is 36.5 Å². The summed E-state index contributed by atoms with van der Waals surface area (Å²) in [4.78, 5) is 14.7. The number of aromatic nitrogens is 2. The molecule has 5 nitrogen and oxygen atoms in total. The van der Waals surface area contributed by atoms with Gasteiger partial charge in [0, 0.05) is 17.6 Å². The molecule has 1 aromatic carbocycles. The Morgan fingerprint density at radius 1 is 1.30 bits per heavy atom. The molecular weight excluding hydrogens is 312 g/mol. The summed E-state index contributed by atoms with van der Waals surface area (Å²) in [5, 5.41) is 11.0. The van der Waals surface area contributed by atoms with E-state index in [0.29, 0.717) is 16.6 Å². The fourth-order valence-corrected chi connectivity index (χ4v) is 3.11. The van der Waals surface area contributed by atoms with Crippen molar-refractivity contribution < 1.29 is 4.79 Å². The van der Waals surface area contributed by atoms with Gasteiger partial charge < -0.3 is 10.2 Å². The van der Waals surface area contributed by atoms with Gasteiger partial charge in [0.1, 0.15) is 0 Å². The zero-order valence-electron chi connectivity index (χ0n) is 13.0. The van der Waals surface area contributed by atoms with Gasteiger partial charge in [-0.25, -0.2) is 0 Å². The van der Waals surface area contributed by atoms with Crippen molar-refractivity contribution in [2.75, 3.05) is 16.8 Å². The van der Waals surface area contributed by atoms with Crippen LogP contribution in [-0.4, -0.2) is 28.7 Å². The van der Waals surface area contributed by atoms with Gasteiger partial charge in [0.05, 0.1) is 29.3 Å². The SMILES string of the molecule is C[C@H]1CCCCN1c1ccc(Cl)cc1NC(=O)c1ccnnc1. The molecule has 1 fully saturated rings. The van der Waals surface area contributed by atoms with Crippen LogP contribution in [-0.2, 0) is 0 Å². The van der Waals surface area contributed by atoms with Crippen LogP contribution in [0.2, 0.25) is 5.02 Å². The van der Waals surface area contributed by atoms with E-state index in [2.05, 4.69) is 27.3 Å². The van der Waals surface area contributed by atoms with Gasteiger partial charge in [-0.3, -0.25) is 4.79 Å². The van der Waals surface area contributed by atoms with Gasteiger partial charge in [-0.15, -0.1) is 0 Å². The molecular formula is C17H19ClN4O. The molecule has 0 bridgehead atoms. The van der Waals surface area contributed by atoms with E-state index in [1.807, 2.05) is 12.1 Å². The average Bonchev–Trinajstić information content (AvgIpc) is 2.57. The van der Waals surface area contributed by atoms with Crippen molar-refractivity contribution in [1.82, 2.24) is 10.2 Å². The topological polar surface area (TPSA) is 58.1 Å². The number of amides is 1. The molecule has 0 radical (unpaired) electrons. The normalized spacial score (nSPS) is 17.8. The summed E-state index contributed by atoms with van der Waals surface area (Å²) in [7, 11) is 0. The molecule has 1 aliphatic heterocycles. The smallest absolute Gasteiger partial charge is 0.257 e. The van der Waals surface area contributed by atoms with Gasteiger partial charge >= 0.3 is 0 Å². The molecule has 1 amide bonds. The van der Waals surface area contributed by atoms with E-state index < -0.39 is 0 Å². The van der Waals surface area contributed by atoms with Crippen molar-refractivity contribution in [1.29, 1.82) is 0 Å². The third-order valence-corrected chi connectivity index (χ3v) is 4.40. The van der Waals surface area contributed by atoms with E-state index in [0.717, 1.165) is 30.8 Å². The highest BCUT2D eigenvalue weighted by Gasteiger charge is 2.22. The summed E-state index contributed by atoms with van der Waals surface area (Å²) in [5.74, 6) is -0.215. The maximum atomic E-state index is 12.4. The molecule has 6 heteroatoms. The fourth-order valence-electron chi connectivity index (χ4n) is 2.93.